The summed E-state index contributed by atoms with van der Waals surface area (Å²) in [6.45, 7) is 1.42. The van der Waals surface area contributed by atoms with E-state index in [1.54, 1.807) is 12.1 Å². The second-order valence-electron chi connectivity index (χ2n) is 4.61. The summed E-state index contributed by atoms with van der Waals surface area (Å²) in [6.07, 6.45) is 0. The fourth-order valence-electron chi connectivity index (χ4n) is 1.88. The Hall–Kier alpha value is -2.07. The highest BCUT2D eigenvalue weighted by Crippen LogP contribution is 2.19. The number of carbonyl (C=O) groups is 2. The minimum absolute atomic E-state index is 0.0771. The molecule has 2 aromatic carbocycles. The zero-order valence-corrected chi connectivity index (χ0v) is 12.6. The first-order chi connectivity index (χ1) is 10.2. The molecule has 0 aliphatic heterocycles. The maximum atomic E-state index is 12.5. The van der Waals surface area contributed by atoms with Gasteiger partial charge >= 0.3 is 0 Å². The number of amides is 1. The van der Waals surface area contributed by atoms with Gasteiger partial charge in [-0.3, -0.25) is 9.59 Å². The molecule has 0 saturated heterocycles. The average molecular weight is 299 g/mol. The molecule has 0 heterocycles. The molecule has 0 bridgehead atoms. The van der Waals surface area contributed by atoms with Crippen molar-refractivity contribution < 1.29 is 9.59 Å². The van der Waals surface area contributed by atoms with Crippen molar-refractivity contribution >= 4 is 23.5 Å². The SMILES string of the molecule is CC(=O)N[C@H](SCc1ccccc1)C(=O)c1ccccc1. The minimum Gasteiger partial charge on any atom is -0.338 e. The molecule has 3 nitrogen and oxygen atoms in total. The third-order valence-corrected chi connectivity index (χ3v) is 4.06. The predicted molar refractivity (Wildman–Crippen MR) is 86.1 cm³/mol. The van der Waals surface area contributed by atoms with Gasteiger partial charge in [0.25, 0.3) is 0 Å². The molecule has 0 radical (unpaired) electrons. The van der Waals surface area contributed by atoms with Crippen LogP contribution in [-0.2, 0) is 10.5 Å². The number of hydrogen-bond acceptors (Lipinski definition) is 3. The van der Waals surface area contributed by atoms with Crippen LogP contribution < -0.4 is 5.32 Å². The van der Waals surface area contributed by atoms with Crippen molar-refractivity contribution in [3.63, 3.8) is 0 Å². The van der Waals surface area contributed by atoms with Gasteiger partial charge in [-0.15, -0.1) is 11.8 Å². The van der Waals surface area contributed by atoms with Crippen molar-refractivity contribution in [3.05, 3.63) is 71.8 Å². The van der Waals surface area contributed by atoms with E-state index in [9.17, 15) is 9.59 Å². The van der Waals surface area contributed by atoms with E-state index < -0.39 is 5.37 Å². The number of ketones is 1. The average Bonchev–Trinajstić information content (AvgIpc) is 2.52. The molecule has 1 N–H and O–H groups in total. The Balaban J connectivity index is 2.07. The highest BCUT2D eigenvalue weighted by molar-refractivity contribution is 7.99. The second kappa shape index (κ2) is 7.64. The van der Waals surface area contributed by atoms with Gasteiger partial charge in [0.05, 0.1) is 0 Å². The highest BCUT2D eigenvalue weighted by Gasteiger charge is 2.21. The number of rotatable bonds is 6. The van der Waals surface area contributed by atoms with E-state index in [-0.39, 0.29) is 11.7 Å². The van der Waals surface area contributed by atoms with Gasteiger partial charge < -0.3 is 5.32 Å². The Morgan fingerprint density at radius 1 is 1.00 bits per heavy atom. The van der Waals surface area contributed by atoms with Gasteiger partial charge in [0.15, 0.2) is 5.78 Å². The number of nitrogens with one attached hydrogen (secondary N) is 1. The Morgan fingerprint density at radius 2 is 1.57 bits per heavy atom. The van der Waals surface area contributed by atoms with Crippen molar-refractivity contribution in [1.82, 2.24) is 5.32 Å². The number of carbonyl (C=O) groups excluding carboxylic acids is 2. The predicted octanol–water partition coefficient (Wildman–Crippen LogP) is 3.26. The fraction of sp³-hybridized carbons (Fsp3) is 0.176. The largest absolute Gasteiger partial charge is 0.338 e. The molecule has 0 fully saturated rings. The van der Waals surface area contributed by atoms with E-state index in [4.69, 9.17) is 0 Å². The van der Waals surface area contributed by atoms with Gasteiger partial charge in [-0.1, -0.05) is 60.7 Å². The molecule has 2 rings (SSSR count). The number of Topliss-reactive ketones (excluding diaryl/α,β-unsaturated/α-hetero) is 1. The Bertz CT molecular complexity index is 599. The van der Waals surface area contributed by atoms with Crippen LogP contribution >= 0.6 is 11.8 Å². The van der Waals surface area contributed by atoms with Crippen LogP contribution in [0.1, 0.15) is 22.8 Å². The van der Waals surface area contributed by atoms with Crippen LogP contribution in [0.15, 0.2) is 60.7 Å². The Morgan fingerprint density at radius 3 is 2.14 bits per heavy atom. The summed E-state index contributed by atoms with van der Waals surface area (Å²) < 4.78 is 0. The molecule has 0 saturated carbocycles. The van der Waals surface area contributed by atoms with Crippen molar-refractivity contribution in [2.24, 2.45) is 0 Å². The molecule has 0 aliphatic carbocycles. The van der Waals surface area contributed by atoms with Gasteiger partial charge in [0.2, 0.25) is 5.91 Å². The van der Waals surface area contributed by atoms with Crippen LogP contribution in [0.25, 0.3) is 0 Å². The zero-order valence-electron chi connectivity index (χ0n) is 11.8. The van der Waals surface area contributed by atoms with E-state index in [1.165, 1.54) is 18.7 Å². The molecule has 1 amide bonds. The third kappa shape index (κ3) is 4.76. The number of benzene rings is 2. The lowest BCUT2D eigenvalue weighted by Gasteiger charge is -2.16. The van der Waals surface area contributed by atoms with E-state index in [2.05, 4.69) is 5.32 Å². The topological polar surface area (TPSA) is 46.2 Å². The summed E-state index contributed by atoms with van der Waals surface area (Å²) >= 11 is 1.42. The van der Waals surface area contributed by atoms with E-state index >= 15 is 0 Å². The molecule has 0 aliphatic rings. The summed E-state index contributed by atoms with van der Waals surface area (Å²) in [5.74, 6) is 0.390. The molecule has 2 aromatic rings. The molecular formula is C17H17NO2S. The lowest BCUT2D eigenvalue weighted by atomic mass is 10.1. The normalized spacial score (nSPS) is 11.7. The summed E-state index contributed by atoms with van der Waals surface area (Å²) in [4.78, 5) is 23.8. The smallest absolute Gasteiger partial charge is 0.218 e. The first-order valence-corrected chi connectivity index (χ1v) is 7.73. The third-order valence-electron chi connectivity index (χ3n) is 2.89. The minimum atomic E-state index is -0.565. The lowest BCUT2D eigenvalue weighted by Crippen LogP contribution is -2.37. The molecule has 108 valence electrons. The molecule has 0 unspecified atom stereocenters. The zero-order chi connectivity index (χ0) is 15.1. The van der Waals surface area contributed by atoms with Crippen LogP contribution in [0.3, 0.4) is 0 Å². The summed E-state index contributed by atoms with van der Waals surface area (Å²) in [5.41, 5.74) is 1.73. The van der Waals surface area contributed by atoms with Gasteiger partial charge in [-0.2, -0.15) is 0 Å². The molecule has 0 spiro atoms. The highest BCUT2D eigenvalue weighted by atomic mass is 32.2. The van der Waals surface area contributed by atoms with Crippen molar-refractivity contribution in [3.8, 4) is 0 Å². The molecule has 21 heavy (non-hydrogen) atoms. The molecule has 4 heteroatoms. The number of hydrogen-bond donors (Lipinski definition) is 1. The first kappa shape index (κ1) is 15.3. The van der Waals surface area contributed by atoms with E-state index in [0.29, 0.717) is 11.3 Å². The van der Waals surface area contributed by atoms with Crippen molar-refractivity contribution in [2.45, 2.75) is 18.1 Å². The maximum Gasteiger partial charge on any atom is 0.218 e. The van der Waals surface area contributed by atoms with Gasteiger partial charge in [-0.25, -0.2) is 0 Å². The van der Waals surface area contributed by atoms with Gasteiger partial charge in [-0.05, 0) is 5.56 Å². The number of thioether (sulfide) groups is 1. The monoisotopic (exact) mass is 299 g/mol. The molecule has 0 aromatic heterocycles. The van der Waals surface area contributed by atoms with Gasteiger partial charge in [0, 0.05) is 18.2 Å². The summed E-state index contributed by atoms with van der Waals surface area (Å²) in [6, 6.07) is 18.9. The van der Waals surface area contributed by atoms with Crippen LogP contribution in [0.4, 0.5) is 0 Å². The lowest BCUT2D eigenvalue weighted by molar-refractivity contribution is -0.119. The Labute approximate surface area is 128 Å². The quantitative estimate of drug-likeness (QED) is 0.658. The molecular weight excluding hydrogens is 282 g/mol. The summed E-state index contributed by atoms with van der Waals surface area (Å²) in [7, 11) is 0. The molecule has 1 atom stereocenters. The van der Waals surface area contributed by atoms with Crippen molar-refractivity contribution in [1.29, 1.82) is 0 Å². The standard InChI is InChI=1S/C17H17NO2S/c1-13(19)18-17(16(20)15-10-6-3-7-11-15)21-12-14-8-4-2-5-9-14/h2-11,17H,12H2,1H3,(H,18,19)/t17-/m1/s1. The Kier molecular flexibility index (Phi) is 5.58. The van der Waals surface area contributed by atoms with Crippen LogP contribution in [0, 0.1) is 0 Å². The van der Waals surface area contributed by atoms with Crippen LogP contribution in [0.5, 0.6) is 0 Å². The summed E-state index contributed by atoms with van der Waals surface area (Å²) in [5, 5.41) is 2.16. The van der Waals surface area contributed by atoms with Crippen molar-refractivity contribution in [2.75, 3.05) is 0 Å². The van der Waals surface area contributed by atoms with Crippen LogP contribution in [-0.4, -0.2) is 17.1 Å². The van der Waals surface area contributed by atoms with Crippen LogP contribution in [0.2, 0.25) is 0 Å². The van der Waals surface area contributed by atoms with Gasteiger partial charge in [0.1, 0.15) is 5.37 Å². The fourth-order valence-corrected chi connectivity index (χ4v) is 2.96. The van der Waals surface area contributed by atoms with E-state index in [1.807, 2.05) is 48.5 Å². The second-order valence-corrected chi connectivity index (χ2v) is 5.70. The van der Waals surface area contributed by atoms with E-state index in [0.717, 1.165) is 5.56 Å². The first-order valence-electron chi connectivity index (χ1n) is 6.68. The maximum absolute atomic E-state index is 12.5.